The van der Waals surface area contributed by atoms with Crippen molar-refractivity contribution >= 4 is 11.1 Å². The van der Waals surface area contributed by atoms with Gasteiger partial charge in [-0.1, -0.05) is 0 Å². The summed E-state index contributed by atoms with van der Waals surface area (Å²) in [5.41, 5.74) is 6.66. The van der Waals surface area contributed by atoms with Crippen molar-refractivity contribution in [3.05, 3.63) is 56.9 Å². The van der Waals surface area contributed by atoms with Gasteiger partial charge in [0.25, 0.3) is 0 Å². The summed E-state index contributed by atoms with van der Waals surface area (Å²) in [7, 11) is 6.97. The van der Waals surface area contributed by atoms with E-state index < -0.39 is 0 Å². The number of aryl methyl sites for hydroxylation is 1. The van der Waals surface area contributed by atoms with E-state index in [1.54, 1.807) is 28.4 Å². The number of rotatable bonds is 4. The van der Waals surface area contributed by atoms with Crippen molar-refractivity contribution in [2.75, 3.05) is 28.4 Å². The Hall–Kier alpha value is -2.62. The lowest BCUT2D eigenvalue weighted by Crippen LogP contribution is -2.34. The third kappa shape index (κ3) is 2.17. The van der Waals surface area contributed by atoms with Gasteiger partial charge in [0.1, 0.15) is 11.5 Å². The Morgan fingerprint density at radius 3 is 2.46 bits per heavy atom. The van der Waals surface area contributed by atoms with E-state index in [9.17, 15) is 0 Å². The van der Waals surface area contributed by atoms with Gasteiger partial charge in [-0.15, -0.1) is 0 Å². The maximum Gasteiger partial charge on any atom is 0.168 e. The van der Waals surface area contributed by atoms with E-state index in [2.05, 4.69) is 18.2 Å². The first kappa shape index (κ1) is 17.5. The Morgan fingerprint density at radius 1 is 0.893 bits per heavy atom. The van der Waals surface area contributed by atoms with Crippen molar-refractivity contribution in [3.63, 3.8) is 0 Å². The molecule has 28 heavy (non-hydrogen) atoms. The zero-order valence-corrected chi connectivity index (χ0v) is 17.0. The highest BCUT2D eigenvalue weighted by Gasteiger charge is 2.39. The Morgan fingerprint density at radius 2 is 1.75 bits per heavy atom. The highest BCUT2D eigenvalue weighted by atomic mass is 16.5. The Balaban J connectivity index is 1.92. The second kappa shape index (κ2) is 6.47. The van der Waals surface area contributed by atoms with Crippen LogP contribution in [0, 0.1) is 5.92 Å². The van der Waals surface area contributed by atoms with E-state index in [-0.39, 0.29) is 5.92 Å². The Kier molecular flexibility index (Phi) is 4.04. The smallest absolute Gasteiger partial charge is 0.168 e. The van der Waals surface area contributed by atoms with Gasteiger partial charge in [-0.05, 0) is 77.8 Å². The lowest BCUT2D eigenvalue weighted by Gasteiger charge is -2.33. The van der Waals surface area contributed by atoms with Gasteiger partial charge in [0.05, 0.1) is 28.4 Å². The normalized spacial score (nSPS) is 22.1. The van der Waals surface area contributed by atoms with Gasteiger partial charge in [0.2, 0.25) is 0 Å². The van der Waals surface area contributed by atoms with Gasteiger partial charge in [0.15, 0.2) is 11.5 Å². The summed E-state index contributed by atoms with van der Waals surface area (Å²) in [6.07, 6.45) is 9.77. The number of fused-ring (bicyclic) bond motifs is 4. The SMILES string of the molecule is COC1=CCCC2C1=C(OC)C=C1C3=c4c(cc(OC)c(OC)c4=C12)CCC3. The maximum absolute atomic E-state index is 5.91. The molecule has 0 aromatic heterocycles. The lowest BCUT2D eigenvalue weighted by molar-refractivity contribution is 0.261. The third-order valence-electron chi connectivity index (χ3n) is 6.54. The van der Waals surface area contributed by atoms with Crippen molar-refractivity contribution < 1.29 is 18.9 Å². The van der Waals surface area contributed by atoms with E-state index >= 15 is 0 Å². The second-order valence-corrected chi connectivity index (χ2v) is 7.71. The molecule has 0 fully saturated rings. The Labute approximate surface area is 165 Å². The minimum absolute atomic E-state index is 0.248. The first-order valence-corrected chi connectivity index (χ1v) is 9.99. The largest absolute Gasteiger partial charge is 0.497 e. The summed E-state index contributed by atoms with van der Waals surface area (Å²) in [4.78, 5) is 0. The standard InChI is InChI=1S/C24H26O4/c1-25-17-10-6-9-15-21-16(12-18(26-2)22(15)17)14-8-5-7-13-11-19(27-3)24(28-4)23(21)20(13)14/h10-12,15H,5-9H2,1-4H3. The molecule has 0 saturated carbocycles. The third-order valence-corrected chi connectivity index (χ3v) is 6.54. The highest BCUT2D eigenvalue weighted by molar-refractivity contribution is 5.95. The van der Waals surface area contributed by atoms with Crippen LogP contribution in [0.5, 0.6) is 11.5 Å². The summed E-state index contributed by atoms with van der Waals surface area (Å²) in [6.45, 7) is 0. The van der Waals surface area contributed by atoms with Crippen molar-refractivity contribution in [2.24, 2.45) is 5.92 Å². The molecule has 4 aliphatic rings. The predicted octanol–water partition coefficient (Wildman–Crippen LogP) is 3.14. The molecule has 4 heteroatoms. The molecule has 0 radical (unpaired) electrons. The summed E-state index contributed by atoms with van der Waals surface area (Å²) >= 11 is 0. The van der Waals surface area contributed by atoms with Crippen LogP contribution in [0.1, 0.15) is 31.2 Å². The van der Waals surface area contributed by atoms with Gasteiger partial charge >= 0.3 is 0 Å². The summed E-state index contributed by atoms with van der Waals surface area (Å²) < 4.78 is 23.2. The predicted molar refractivity (Wildman–Crippen MR) is 108 cm³/mol. The van der Waals surface area contributed by atoms with Crippen LogP contribution < -0.4 is 19.9 Å². The van der Waals surface area contributed by atoms with Crippen molar-refractivity contribution in [1.29, 1.82) is 0 Å². The molecule has 4 nitrogen and oxygen atoms in total. The average molecular weight is 378 g/mol. The number of hydrogen-bond donors (Lipinski definition) is 0. The molecule has 1 aromatic carbocycles. The van der Waals surface area contributed by atoms with Crippen molar-refractivity contribution in [1.82, 2.24) is 0 Å². The van der Waals surface area contributed by atoms with Gasteiger partial charge < -0.3 is 18.9 Å². The van der Waals surface area contributed by atoms with Crippen LogP contribution in [-0.4, -0.2) is 28.4 Å². The van der Waals surface area contributed by atoms with Crippen LogP contribution in [0.15, 0.2) is 40.9 Å². The molecule has 0 heterocycles. The quantitative estimate of drug-likeness (QED) is 0.807. The molecular formula is C24H26O4. The van der Waals surface area contributed by atoms with E-state index in [1.165, 1.54) is 32.7 Å². The van der Waals surface area contributed by atoms with Gasteiger partial charge in [0, 0.05) is 16.7 Å². The number of hydrogen-bond acceptors (Lipinski definition) is 4. The molecule has 146 valence electrons. The van der Waals surface area contributed by atoms with Crippen LogP contribution in [-0.2, 0) is 15.9 Å². The van der Waals surface area contributed by atoms with E-state index in [0.717, 1.165) is 60.7 Å². The second-order valence-electron chi connectivity index (χ2n) is 7.71. The topological polar surface area (TPSA) is 36.9 Å². The number of allylic oxidation sites excluding steroid dienone is 4. The zero-order chi connectivity index (χ0) is 19.4. The van der Waals surface area contributed by atoms with Crippen LogP contribution in [0.4, 0.5) is 0 Å². The molecule has 0 saturated heterocycles. The molecular weight excluding hydrogens is 352 g/mol. The molecule has 1 unspecified atom stereocenters. The fraction of sp³-hybridized carbons (Fsp3) is 0.417. The number of ether oxygens (including phenoxy) is 4. The van der Waals surface area contributed by atoms with Gasteiger partial charge in [-0.25, -0.2) is 0 Å². The zero-order valence-electron chi connectivity index (χ0n) is 17.0. The molecule has 0 N–H and O–H groups in total. The number of methoxy groups -OCH3 is 4. The van der Waals surface area contributed by atoms with Crippen molar-refractivity contribution in [2.45, 2.75) is 32.1 Å². The lowest BCUT2D eigenvalue weighted by atomic mass is 9.74. The minimum Gasteiger partial charge on any atom is -0.497 e. The van der Waals surface area contributed by atoms with Crippen molar-refractivity contribution in [3.8, 4) is 11.5 Å². The minimum atomic E-state index is 0.248. The molecule has 0 spiro atoms. The fourth-order valence-corrected chi connectivity index (χ4v) is 5.48. The average Bonchev–Trinajstić information content (AvgIpc) is 3.08. The summed E-state index contributed by atoms with van der Waals surface area (Å²) in [6, 6.07) is 2.17. The Bertz CT molecular complexity index is 1080. The molecule has 4 aliphatic carbocycles. The van der Waals surface area contributed by atoms with E-state index in [1.807, 2.05) is 0 Å². The highest BCUT2D eigenvalue weighted by Crippen LogP contribution is 2.49. The van der Waals surface area contributed by atoms with E-state index in [0.29, 0.717) is 0 Å². The molecule has 0 bridgehead atoms. The fourth-order valence-electron chi connectivity index (χ4n) is 5.48. The molecule has 0 aliphatic heterocycles. The van der Waals surface area contributed by atoms with Gasteiger partial charge in [-0.3, -0.25) is 0 Å². The maximum atomic E-state index is 5.91. The van der Waals surface area contributed by atoms with Crippen LogP contribution in [0.25, 0.3) is 11.1 Å². The summed E-state index contributed by atoms with van der Waals surface area (Å²) in [5, 5.41) is 2.60. The molecule has 1 aromatic rings. The summed E-state index contributed by atoms with van der Waals surface area (Å²) in [5.74, 6) is 3.79. The molecule has 0 amide bonds. The molecule has 1 atom stereocenters. The van der Waals surface area contributed by atoms with Crippen LogP contribution in [0.2, 0.25) is 0 Å². The monoisotopic (exact) mass is 378 g/mol. The van der Waals surface area contributed by atoms with Crippen LogP contribution in [0.3, 0.4) is 0 Å². The van der Waals surface area contributed by atoms with E-state index in [4.69, 9.17) is 18.9 Å². The first-order valence-electron chi connectivity index (χ1n) is 9.99. The first-order chi connectivity index (χ1) is 13.7. The number of benzene rings is 1. The van der Waals surface area contributed by atoms with Gasteiger partial charge in [-0.2, -0.15) is 0 Å². The molecule has 5 rings (SSSR count). The van der Waals surface area contributed by atoms with Crippen LogP contribution >= 0.6 is 0 Å².